The van der Waals surface area contributed by atoms with Crippen molar-refractivity contribution in [2.75, 3.05) is 5.32 Å². The van der Waals surface area contributed by atoms with Crippen LogP contribution >= 0.6 is 11.3 Å². The molecule has 0 atom stereocenters. The van der Waals surface area contributed by atoms with E-state index in [2.05, 4.69) is 15.3 Å². The van der Waals surface area contributed by atoms with E-state index in [1.54, 1.807) is 17.5 Å². The summed E-state index contributed by atoms with van der Waals surface area (Å²) in [4.78, 5) is 21.0. The Morgan fingerprint density at radius 3 is 2.79 bits per heavy atom. The van der Waals surface area contributed by atoms with Gasteiger partial charge in [0.25, 0.3) is 0 Å². The van der Waals surface area contributed by atoms with Crippen LogP contribution in [0.2, 0.25) is 0 Å². The Balaban J connectivity index is 1.59. The predicted molar refractivity (Wildman–Crippen MR) is 98.2 cm³/mol. The smallest absolute Gasteiger partial charge is 0.224 e. The summed E-state index contributed by atoms with van der Waals surface area (Å²) in [7, 11) is 0. The Kier molecular flexibility index (Phi) is 5.01. The van der Waals surface area contributed by atoms with Crippen molar-refractivity contribution >= 4 is 22.9 Å². The van der Waals surface area contributed by atoms with Gasteiger partial charge in [-0.3, -0.25) is 9.78 Å². The molecule has 3 aromatic rings. The maximum atomic E-state index is 12.2. The molecule has 0 unspecified atom stereocenters. The number of aryl methyl sites for hydroxylation is 2. The van der Waals surface area contributed by atoms with E-state index in [4.69, 9.17) is 0 Å². The SMILES string of the molecule is Cc1cccc(NC(=O)CCc2nc(-c3ccccn3)cs2)c1C. The van der Waals surface area contributed by atoms with Gasteiger partial charge < -0.3 is 5.32 Å². The first-order chi connectivity index (χ1) is 11.6. The number of benzene rings is 1. The molecule has 0 fully saturated rings. The highest BCUT2D eigenvalue weighted by Crippen LogP contribution is 2.21. The van der Waals surface area contributed by atoms with Gasteiger partial charge in [-0.15, -0.1) is 11.3 Å². The zero-order chi connectivity index (χ0) is 16.9. The Labute approximate surface area is 145 Å². The number of aromatic nitrogens is 2. The first-order valence-electron chi connectivity index (χ1n) is 7.85. The molecule has 1 aromatic carbocycles. The molecular weight excluding hydrogens is 318 g/mol. The summed E-state index contributed by atoms with van der Waals surface area (Å²) < 4.78 is 0. The van der Waals surface area contributed by atoms with Crippen LogP contribution in [0.1, 0.15) is 22.6 Å². The fraction of sp³-hybridized carbons (Fsp3) is 0.211. The highest BCUT2D eigenvalue weighted by molar-refractivity contribution is 7.09. The topological polar surface area (TPSA) is 54.9 Å². The molecule has 122 valence electrons. The molecule has 0 aliphatic rings. The van der Waals surface area contributed by atoms with Gasteiger partial charge in [0, 0.05) is 30.1 Å². The van der Waals surface area contributed by atoms with E-state index in [-0.39, 0.29) is 5.91 Å². The normalized spacial score (nSPS) is 10.6. The van der Waals surface area contributed by atoms with Gasteiger partial charge in [0.2, 0.25) is 5.91 Å². The monoisotopic (exact) mass is 337 g/mol. The molecule has 1 N–H and O–H groups in total. The van der Waals surface area contributed by atoms with Gasteiger partial charge in [-0.05, 0) is 43.2 Å². The van der Waals surface area contributed by atoms with E-state index in [9.17, 15) is 4.79 Å². The number of thiazole rings is 1. The summed E-state index contributed by atoms with van der Waals surface area (Å²) in [6, 6.07) is 11.7. The van der Waals surface area contributed by atoms with Crippen LogP contribution in [0.15, 0.2) is 48.0 Å². The maximum Gasteiger partial charge on any atom is 0.224 e. The number of hydrogen-bond donors (Lipinski definition) is 1. The standard InChI is InChI=1S/C19H19N3OS/c1-13-6-5-8-15(14(13)2)21-18(23)9-10-19-22-17(12-24-19)16-7-3-4-11-20-16/h3-8,11-12H,9-10H2,1-2H3,(H,21,23). The molecule has 0 radical (unpaired) electrons. The number of carbonyl (C=O) groups excluding carboxylic acids is 1. The lowest BCUT2D eigenvalue weighted by Crippen LogP contribution is -2.13. The molecule has 5 heteroatoms. The van der Waals surface area contributed by atoms with Crippen molar-refractivity contribution in [3.63, 3.8) is 0 Å². The van der Waals surface area contributed by atoms with Crippen molar-refractivity contribution in [3.8, 4) is 11.4 Å². The van der Waals surface area contributed by atoms with Gasteiger partial charge >= 0.3 is 0 Å². The van der Waals surface area contributed by atoms with Crippen molar-refractivity contribution in [2.24, 2.45) is 0 Å². The second-order valence-electron chi connectivity index (χ2n) is 5.64. The molecule has 2 aromatic heterocycles. The first-order valence-corrected chi connectivity index (χ1v) is 8.73. The number of amides is 1. The average Bonchev–Trinajstić information content (AvgIpc) is 3.07. The summed E-state index contributed by atoms with van der Waals surface area (Å²) in [6.45, 7) is 4.06. The van der Waals surface area contributed by atoms with E-state index >= 15 is 0 Å². The Morgan fingerprint density at radius 2 is 2.00 bits per heavy atom. The van der Waals surface area contributed by atoms with Crippen molar-refractivity contribution in [2.45, 2.75) is 26.7 Å². The van der Waals surface area contributed by atoms with Crippen LogP contribution < -0.4 is 5.32 Å². The van der Waals surface area contributed by atoms with Crippen molar-refractivity contribution in [3.05, 3.63) is 64.1 Å². The average molecular weight is 337 g/mol. The van der Waals surface area contributed by atoms with Crippen LogP contribution in [0.3, 0.4) is 0 Å². The lowest BCUT2D eigenvalue weighted by atomic mass is 10.1. The Morgan fingerprint density at radius 1 is 1.12 bits per heavy atom. The summed E-state index contributed by atoms with van der Waals surface area (Å²) in [5.74, 6) is 0.0123. The fourth-order valence-electron chi connectivity index (χ4n) is 2.38. The predicted octanol–water partition coefficient (Wildman–Crippen LogP) is 4.39. The van der Waals surface area contributed by atoms with E-state index < -0.39 is 0 Å². The molecule has 0 spiro atoms. The summed E-state index contributed by atoms with van der Waals surface area (Å²) in [6.07, 6.45) is 2.81. The van der Waals surface area contributed by atoms with Gasteiger partial charge in [-0.25, -0.2) is 4.98 Å². The molecule has 0 bridgehead atoms. The second-order valence-corrected chi connectivity index (χ2v) is 6.58. The van der Waals surface area contributed by atoms with Gasteiger partial charge in [0.05, 0.1) is 16.4 Å². The Hall–Kier alpha value is -2.53. The molecule has 24 heavy (non-hydrogen) atoms. The zero-order valence-corrected chi connectivity index (χ0v) is 14.6. The molecular formula is C19H19N3OS. The molecule has 0 saturated carbocycles. The third-order valence-electron chi connectivity index (χ3n) is 3.92. The third-order valence-corrected chi connectivity index (χ3v) is 4.83. The number of carbonyl (C=O) groups is 1. The van der Waals surface area contributed by atoms with E-state index in [1.165, 1.54) is 5.56 Å². The highest BCUT2D eigenvalue weighted by Gasteiger charge is 2.09. The van der Waals surface area contributed by atoms with Crippen LogP contribution in [-0.2, 0) is 11.2 Å². The maximum absolute atomic E-state index is 12.2. The van der Waals surface area contributed by atoms with Gasteiger partial charge in [0.15, 0.2) is 0 Å². The molecule has 2 heterocycles. The lowest BCUT2D eigenvalue weighted by molar-refractivity contribution is -0.116. The molecule has 3 rings (SSSR count). The van der Waals surface area contributed by atoms with Crippen LogP contribution in [-0.4, -0.2) is 15.9 Å². The lowest BCUT2D eigenvalue weighted by Gasteiger charge is -2.09. The van der Waals surface area contributed by atoms with Crippen LogP contribution in [0.5, 0.6) is 0 Å². The number of nitrogens with zero attached hydrogens (tertiary/aromatic N) is 2. The summed E-state index contributed by atoms with van der Waals surface area (Å²) in [5.41, 5.74) is 4.89. The number of anilines is 1. The van der Waals surface area contributed by atoms with Crippen molar-refractivity contribution in [1.82, 2.24) is 9.97 Å². The third kappa shape index (κ3) is 3.86. The van der Waals surface area contributed by atoms with Crippen molar-refractivity contribution < 1.29 is 4.79 Å². The van der Waals surface area contributed by atoms with Gasteiger partial charge in [0.1, 0.15) is 0 Å². The molecule has 0 saturated heterocycles. The second kappa shape index (κ2) is 7.36. The quantitative estimate of drug-likeness (QED) is 0.751. The molecule has 0 aliphatic heterocycles. The first kappa shape index (κ1) is 16.3. The number of pyridine rings is 1. The highest BCUT2D eigenvalue weighted by atomic mass is 32.1. The number of nitrogens with one attached hydrogen (secondary N) is 1. The molecule has 1 amide bonds. The fourth-order valence-corrected chi connectivity index (χ4v) is 3.17. The van der Waals surface area contributed by atoms with Crippen LogP contribution in [0.4, 0.5) is 5.69 Å². The zero-order valence-electron chi connectivity index (χ0n) is 13.7. The van der Waals surface area contributed by atoms with Gasteiger partial charge in [-0.2, -0.15) is 0 Å². The number of hydrogen-bond acceptors (Lipinski definition) is 4. The summed E-state index contributed by atoms with van der Waals surface area (Å²) in [5, 5.41) is 5.92. The van der Waals surface area contributed by atoms with Crippen LogP contribution in [0.25, 0.3) is 11.4 Å². The number of rotatable bonds is 5. The van der Waals surface area contributed by atoms with E-state index in [0.29, 0.717) is 12.8 Å². The van der Waals surface area contributed by atoms with E-state index in [1.807, 2.05) is 55.6 Å². The molecule has 0 aliphatic carbocycles. The minimum Gasteiger partial charge on any atom is -0.326 e. The Bertz CT molecular complexity index is 843. The van der Waals surface area contributed by atoms with Crippen LogP contribution in [0, 0.1) is 13.8 Å². The van der Waals surface area contributed by atoms with E-state index in [0.717, 1.165) is 27.6 Å². The largest absolute Gasteiger partial charge is 0.326 e. The van der Waals surface area contributed by atoms with Crippen molar-refractivity contribution in [1.29, 1.82) is 0 Å². The minimum absolute atomic E-state index is 0.0123. The minimum atomic E-state index is 0.0123. The van der Waals surface area contributed by atoms with Gasteiger partial charge in [-0.1, -0.05) is 18.2 Å². The molecule has 4 nitrogen and oxygen atoms in total. The summed E-state index contributed by atoms with van der Waals surface area (Å²) >= 11 is 1.57.